The van der Waals surface area contributed by atoms with Crippen molar-refractivity contribution in [2.24, 2.45) is 0 Å². The van der Waals surface area contributed by atoms with Crippen LogP contribution >= 0.6 is 0 Å². The molecule has 1 atom stereocenters. The van der Waals surface area contributed by atoms with Crippen molar-refractivity contribution < 1.29 is 14.5 Å². The first-order chi connectivity index (χ1) is 8.49. The van der Waals surface area contributed by atoms with Crippen LogP contribution in [0.15, 0.2) is 12.1 Å². The number of anilines is 1. The molecule has 98 valence electrons. The molecule has 0 saturated carbocycles. The van der Waals surface area contributed by atoms with Crippen LogP contribution in [-0.4, -0.2) is 29.0 Å². The zero-order valence-electron chi connectivity index (χ0n) is 10.5. The van der Waals surface area contributed by atoms with Crippen molar-refractivity contribution in [3.05, 3.63) is 27.9 Å². The molecule has 7 nitrogen and oxygen atoms in total. The maximum Gasteiger partial charge on any atom is 0.356 e. The predicted octanol–water partition coefficient (Wildman–Crippen LogP) is 1.99. The highest BCUT2D eigenvalue weighted by Gasteiger charge is 2.19. The minimum Gasteiger partial charge on any atom is -0.464 e. The number of nitro groups is 1. The van der Waals surface area contributed by atoms with Crippen molar-refractivity contribution in [2.75, 3.05) is 12.4 Å². The highest BCUT2D eigenvalue weighted by atomic mass is 16.6. The smallest absolute Gasteiger partial charge is 0.356 e. The van der Waals surface area contributed by atoms with Crippen molar-refractivity contribution in [2.45, 2.75) is 26.3 Å². The molecule has 1 aromatic rings. The minimum absolute atomic E-state index is 0.0177. The van der Waals surface area contributed by atoms with Crippen molar-refractivity contribution in [1.82, 2.24) is 4.98 Å². The van der Waals surface area contributed by atoms with Gasteiger partial charge in [-0.3, -0.25) is 10.1 Å². The third-order valence-electron chi connectivity index (χ3n) is 2.46. The summed E-state index contributed by atoms with van der Waals surface area (Å²) in [5, 5.41) is 13.8. The van der Waals surface area contributed by atoms with Gasteiger partial charge in [-0.15, -0.1) is 0 Å². The Hall–Kier alpha value is -2.18. The van der Waals surface area contributed by atoms with E-state index in [0.717, 1.165) is 6.42 Å². The highest BCUT2D eigenvalue weighted by Crippen LogP contribution is 2.23. The molecule has 1 aromatic heterocycles. The topological polar surface area (TPSA) is 94.4 Å². The fourth-order valence-corrected chi connectivity index (χ4v) is 1.26. The Morgan fingerprint density at radius 2 is 2.28 bits per heavy atom. The van der Waals surface area contributed by atoms with E-state index in [-0.39, 0.29) is 23.2 Å². The summed E-state index contributed by atoms with van der Waals surface area (Å²) in [4.78, 5) is 25.6. The molecule has 1 N–H and O–H groups in total. The molecular formula is C11H15N3O4. The molecule has 0 aliphatic carbocycles. The van der Waals surface area contributed by atoms with E-state index in [1.807, 2.05) is 13.8 Å². The molecule has 1 rings (SSSR count). The largest absolute Gasteiger partial charge is 0.464 e. The number of ether oxygens (including phenoxy) is 1. The molecule has 0 fully saturated rings. The van der Waals surface area contributed by atoms with E-state index >= 15 is 0 Å². The molecule has 0 aliphatic rings. The van der Waals surface area contributed by atoms with E-state index in [1.165, 1.54) is 19.2 Å². The summed E-state index contributed by atoms with van der Waals surface area (Å²) in [6, 6.07) is 2.53. The molecule has 0 radical (unpaired) electrons. The molecule has 0 amide bonds. The van der Waals surface area contributed by atoms with Gasteiger partial charge in [0.25, 0.3) is 0 Å². The van der Waals surface area contributed by atoms with Gasteiger partial charge in [0, 0.05) is 12.1 Å². The van der Waals surface area contributed by atoms with Crippen LogP contribution in [-0.2, 0) is 4.74 Å². The van der Waals surface area contributed by atoms with Gasteiger partial charge in [-0.2, -0.15) is 0 Å². The zero-order chi connectivity index (χ0) is 13.7. The first-order valence-electron chi connectivity index (χ1n) is 5.49. The Balaban J connectivity index is 3.15. The number of pyridine rings is 1. The highest BCUT2D eigenvalue weighted by molar-refractivity contribution is 5.88. The van der Waals surface area contributed by atoms with Crippen LogP contribution in [0, 0.1) is 10.1 Å². The molecule has 0 aromatic carbocycles. The second-order valence-electron chi connectivity index (χ2n) is 3.77. The van der Waals surface area contributed by atoms with Crippen LogP contribution in [0.25, 0.3) is 0 Å². The Bertz CT molecular complexity index is 462. The fraction of sp³-hybridized carbons (Fsp3) is 0.455. The Labute approximate surface area is 104 Å². The second kappa shape index (κ2) is 5.95. The third kappa shape index (κ3) is 3.16. The lowest BCUT2D eigenvalue weighted by atomic mass is 10.2. The molecule has 0 spiro atoms. The van der Waals surface area contributed by atoms with Crippen molar-refractivity contribution >= 4 is 17.5 Å². The average molecular weight is 253 g/mol. The van der Waals surface area contributed by atoms with Gasteiger partial charge in [0.1, 0.15) is 0 Å². The zero-order valence-corrected chi connectivity index (χ0v) is 10.5. The number of esters is 1. The summed E-state index contributed by atoms with van der Waals surface area (Å²) in [6.45, 7) is 3.81. The summed E-state index contributed by atoms with van der Waals surface area (Å²) in [6.07, 6.45) is 0.779. The summed E-state index contributed by atoms with van der Waals surface area (Å²) in [5.41, 5.74) is -0.128. The number of rotatable bonds is 5. The van der Waals surface area contributed by atoms with E-state index in [0.29, 0.717) is 0 Å². The summed E-state index contributed by atoms with van der Waals surface area (Å²) >= 11 is 0. The summed E-state index contributed by atoms with van der Waals surface area (Å²) in [5.74, 6) is -0.547. The van der Waals surface area contributed by atoms with Crippen LogP contribution in [0.3, 0.4) is 0 Å². The van der Waals surface area contributed by atoms with Gasteiger partial charge < -0.3 is 10.1 Å². The molecule has 7 heteroatoms. The number of carbonyl (C=O) groups excluding carboxylic acids is 1. The number of nitrogens with one attached hydrogen (secondary N) is 1. The lowest BCUT2D eigenvalue weighted by Gasteiger charge is -2.12. The van der Waals surface area contributed by atoms with Gasteiger partial charge in [0.15, 0.2) is 5.69 Å². The monoisotopic (exact) mass is 253 g/mol. The first-order valence-corrected chi connectivity index (χ1v) is 5.49. The van der Waals surface area contributed by atoms with Crippen molar-refractivity contribution in [1.29, 1.82) is 0 Å². The second-order valence-corrected chi connectivity index (χ2v) is 3.77. The van der Waals surface area contributed by atoms with Crippen LogP contribution in [0.5, 0.6) is 0 Å². The number of hydrogen-bond acceptors (Lipinski definition) is 6. The quantitative estimate of drug-likeness (QED) is 0.490. The maximum atomic E-state index is 11.3. The van der Waals surface area contributed by atoms with Crippen LogP contribution in [0.1, 0.15) is 30.8 Å². The van der Waals surface area contributed by atoms with Gasteiger partial charge in [-0.05, 0) is 19.4 Å². The predicted molar refractivity (Wildman–Crippen MR) is 65.6 cm³/mol. The molecule has 0 saturated heterocycles. The average Bonchev–Trinajstić information content (AvgIpc) is 2.37. The van der Waals surface area contributed by atoms with Crippen molar-refractivity contribution in [3.63, 3.8) is 0 Å². The first kappa shape index (κ1) is 13.9. The lowest BCUT2D eigenvalue weighted by Crippen LogP contribution is -2.17. The summed E-state index contributed by atoms with van der Waals surface area (Å²) in [7, 11) is 1.23. The Kier molecular flexibility index (Phi) is 4.59. The van der Waals surface area contributed by atoms with Crippen LogP contribution < -0.4 is 5.32 Å². The van der Waals surface area contributed by atoms with Gasteiger partial charge >= 0.3 is 11.7 Å². The lowest BCUT2D eigenvalue weighted by molar-refractivity contribution is -0.384. The maximum absolute atomic E-state index is 11.3. The number of methoxy groups -OCH3 is 1. The van der Waals surface area contributed by atoms with Gasteiger partial charge in [0.2, 0.25) is 5.82 Å². The van der Waals surface area contributed by atoms with E-state index in [9.17, 15) is 14.9 Å². The third-order valence-corrected chi connectivity index (χ3v) is 2.46. The Morgan fingerprint density at radius 1 is 1.61 bits per heavy atom. The standard InChI is InChI=1S/C11H15N3O4/c1-4-7(2)12-10-9(14(16)17)6-5-8(13-10)11(15)18-3/h5-7H,4H2,1-3H3,(H,12,13). The molecule has 1 unspecified atom stereocenters. The van der Waals surface area contributed by atoms with E-state index in [2.05, 4.69) is 15.0 Å². The minimum atomic E-state index is -0.628. The normalized spacial score (nSPS) is 11.7. The van der Waals surface area contributed by atoms with Gasteiger partial charge in [-0.1, -0.05) is 6.92 Å². The molecule has 0 aliphatic heterocycles. The molecule has 0 bridgehead atoms. The molecule has 1 heterocycles. The number of hydrogen-bond donors (Lipinski definition) is 1. The van der Waals surface area contributed by atoms with E-state index in [1.54, 1.807) is 0 Å². The van der Waals surface area contributed by atoms with Crippen molar-refractivity contribution in [3.8, 4) is 0 Å². The van der Waals surface area contributed by atoms with Crippen LogP contribution in [0.4, 0.5) is 11.5 Å². The van der Waals surface area contributed by atoms with Gasteiger partial charge in [0.05, 0.1) is 12.0 Å². The molecule has 18 heavy (non-hydrogen) atoms. The van der Waals surface area contributed by atoms with Gasteiger partial charge in [-0.25, -0.2) is 9.78 Å². The Morgan fingerprint density at radius 3 is 2.78 bits per heavy atom. The number of carbonyl (C=O) groups is 1. The number of aromatic nitrogens is 1. The fourth-order valence-electron chi connectivity index (χ4n) is 1.26. The van der Waals surface area contributed by atoms with E-state index < -0.39 is 10.9 Å². The van der Waals surface area contributed by atoms with Crippen LogP contribution in [0.2, 0.25) is 0 Å². The molecular weight excluding hydrogens is 238 g/mol. The number of nitrogens with zero attached hydrogens (tertiary/aromatic N) is 2. The van der Waals surface area contributed by atoms with E-state index in [4.69, 9.17) is 0 Å². The SMILES string of the molecule is CCC(C)Nc1nc(C(=O)OC)ccc1[N+](=O)[O-]. The summed E-state index contributed by atoms with van der Waals surface area (Å²) < 4.78 is 4.52.